The molecule has 3 atom stereocenters. The normalized spacial score (nSPS) is 26.3. The van der Waals surface area contributed by atoms with Crippen molar-refractivity contribution in [2.24, 2.45) is 0 Å². The van der Waals surface area contributed by atoms with Gasteiger partial charge >= 0.3 is 0 Å². The summed E-state index contributed by atoms with van der Waals surface area (Å²) in [6, 6.07) is 10.2. The van der Waals surface area contributed by atoms with Crippen molar-refractivity contribution in [1.29, 1.82) is 0 Å². The summed E-state index contributed by atoms with van der Waals surface area (Å²) in [5.74, 6) is -5.20. The Balaban J connectivity index is 1.73. The van der Waals surface area contributed by atoms with E-state index in [0.29, 0.717) is 24.2 Å². The van der Waals surface area contributed by atoms with Gasteiger partial charge in [0.2, 0.25) is 10.0 Å². The molecule has 2 aromatic carbocycles. The average Bonchev–Trinajstić information content (AvgIpc) is 3.03. The van der Waals surface area contributed by atoms with Crippen LogP contribution in [0.5, 0.6) is 0 Å². The summed E-state index contributed by atoms with van der Waals surface area (Å²) in [7, 11) is -4.03. The van der Waals surface area contributed by atoms with E-state index in [1.807, 2.05) is 0 Å². The van der Waals surface area contributed by atoms with Gasteiger partial charge in [-0.15, -0.1) is 0 Å². The third-order valence-corrected chi connectivity index (χ3v) is 7.99. The van der Waals surface area contributed by atoms with Crippen LogP contribution in [0.25, 0.3) is 11.1 Å². The highest BCUT2D eigenvalue weighted by atomic mass is 32.2. The van der Waals surface area contributed by atoms with Gasteiger partial charge in [0.1, 0.15) is 17.5 Å². The van der Waals surface area contributed by atoms with Gasteiger partial charge in [-0.1, -0.05) is 48.5 Å². The zero-order chi connectivity index (χ0) is 24.7. The fourth-order valence-corrected chi connectivity index (χ4v) is 5.36. The molecule has 10 heteroatoms. The van der Waals surface area contributed by atoms with Crippen LogP contribution < -0.4 is 4.72 Å². The maximum absolute atomic E-state index is 15.5. The molecule has 4 rings (SSSR count). The quantitative estimate of drug-likeness (QED) is 0.638. The molecule has 0 bridgehead atoms. The number of ether oxygens (including phenoxy) is 1. The van der Waals surface area contributed by atoms with E-state index < -0.39 is 57.7 Å². The molecule has 2 aromatic rings. The lowest BCUT2D eigenvalue weighted by atomic mass is 9.92. The van der Waals surface area contributed by atoms with Crippen molar-refractivity contribution in [3.05, 3.63) is 59.9 Å². The molecule has 34 heavy (non-hydrogen) atoms. The van der Waals surface area contributed by atoms with Gasteiger partial charge in [-0.3, -0.25) is 4.79 Å². The van der Waals surface area contributed by atoms with Crippen molar-refractivity contribution in [3.8, 4) is 11.1 Å². The summed E-state index contributed by atoms with van der Waals surface area (Å²) in [6.07, 6.45) is 0.0741. The van der Waals surface area contributed by atoms with Crippen molar-refractivity contribution in [3.63, 3.8) is 0 Å². The Kier molecular flexibility index (Phi) is 6.52. The van der Waals surface area contributed by atoms with E-state index in [2.05, 4.69) is 4.72 Å². The zero-order valence-corrected chi connectivity index (χ0v) is 19.7. The number of hydrogen-bond donors (Lipinski definition) is 1. The molecule has 2 heterocycles. The Morgan fingerprint density at radius 2 is 1.85 bits per heavy atom. The summed E-state index contributed by atoms with van der Waals surface area (Å²) in [6.45, 7) is 2.21. The Hall–Kier alpha value is -2.43. The van der Waals surface area contributed by atoms with Crippen LogP contribution in [0.3, 0.4) is 0 Å². The molecule has 2 fully saturated rings. The number of alkyl halides is 2. The van der Waals surface area contributed by atoms with Gasteiger partial charge in [0.25, 0.3) is 11.8 Å². The van der Waals surface area contributed by atoms with Crippen molar-refractivity contribution >= 4 is 15.9 Å². The highest BCUT2D eigenvalue weighted by molar-refractivity contribution is 7.89. The van der Waals surface area contributed by atoms with Crippen LogP contribution in [0, 0.1) is 5.82 Å². The number of halogens is 3. The van der Waals surface area contributed by atoms with Crippen molar-refractivity contribution in [2.75, 3.05) is 18.9 Å². The summed E-state index contributed by atoms with van der Waals surface area (Å²) < 4.78 is 77.7. The Labute approximate surface area is 197 Å². The van der Waals surface area contributed by atoms with Gasteiger partial charge in [0.15, 0.2) is 0 Å². The van der Waals surface area contributed by atoms with Gasteiger partial charge in [0, 0.05) is 12.0 Å². The number of carbonyl (C=O) groups is 1. The summed E-state index contributed by atoms with van der Waals surface area (Å²) in [5.41, 5.74) is -0.231. The maximum Gasteiger partial charge on any atom is 0.283 e. The van der Waals surface area contributed by atoms with Crippen LogP contribution in [-0.4, -0.2) is 61.7 Å². The molecule has 2 aliphatic rings. The van der Waals surface area contributed by atoms with E-state index in [1.165, 1.54) is 19.9 Å². The van der Waals surface area contributed by atoms with Crippen LogP contribution in [0.4, 0.5) is 13.2 Å². The van der Waals surface area contributed by atoms with Gasteiger partial charge in [0.05, 0.1) is 24.9 Å². The second kappa shape index (κ2) is 8.98. The number of nitrogens with zero attached hydrogens (tertiary/aromatic N) is 1. The highest BCUT2D eigenvalue weighted by Gasteiger charge is 2.59. The number of likely N-dealkylation sites (tertiary alicyclic amines) is 1. The summed E-state index contributed by atoms with van der Waals surface area (Å²) in [4.78, 5) is 14.1. The van der Waals surface area contributed by atoms with E-state index in [9.17, 15) is 13.2 Å². The van der Waals surface area contributed by atoms with Crippen LogP contribution in [0.2, 0.25) is 0 Å². The van der Waals surface area contributed by atoms with E-state index >= 15 is 13.2 Å². The first-order valence-corrected chi connectivity index (χ1v) is 12.8. The van der Waals surface area contributed by atoms with Gasteiger partial charge in [-0.2, -0.15) is 0 Å². The minimum absolute atomic E-state index is 0.113. The molecule has 1 amide bonds. The van der Waals surface area contributed by atoms with Gasteiger partial charge in [-0.25, -0.2) is 26.3 Å². The van der Waals surface area contributed by atoms with Crippen molar-refractivity contribution in [2.45, 2.75) is 50.3 Å². The number of rotatable bonds is 7. The fourth-order valence-electron chi connectivity index (χ4n) is 4.48. The molecule has 0 radical (unpaired) electrons. The summed E-state index contributed by atoms with van der Waals surface area (Å²) in [5, 5.41) is 0. The van der Waals surface area contributed by atoms with Gasteiger partial charge in [-0.05, 0) is 31.4 Å². The number of amides is 1. The first-order chi connectivity index (χ1) is 16.0. The lowest BCUT2D eigenvalue weighted by Crippen LogP contribution is -2.58. The molecule has 184 valence electrons. The molecule has 0 spiro atoms. The fraction of sp³-hybridized carbons (Fsp3) is 0.458. The molecule has 0 aliphatic carbocycles. The molecule has 6 nitrogen and oxygen atoms in total. The third kappa shape index (κ3) is 4.58. The van der Waals surface area contributed by atoms with Crippen LogP contribution >= 0.6 is 0 Å². The number of hydrogen-bond acceptors (Lipinski definition) is 4. The molecule has 2 aliphatic heterocycles. The van der Waals surface area contributed by atoms with E-state index in [-0.39, 0.29) is 12.0 Å². The monoisotopic (exact) mass is 496 g/mol. The lowest BCUT2D eigenvalue weighted by Gasteiger charge is -2.41. The second-order valence-electron chi connectivity index (χ2n) is 8.94. The molecular formula is C24H27F3N2O4S. The standard InChI is InChI=1S/C24H27F3N2O4S/c1-3-34(31,32)28-21-19(29(15-24(21,26)27)22(30)23(2)12-13-33-23)14-17-10-7-11-18(20(17)25)16-8-5-4-6-9-16/h4-11,19,21,28H,3,12-15H2,1-2H3/t19-,21+,23?/m0/s1. The number of nitrogens with one attached hydrogen (secondary N) is 1. The lowest BCUT2D eigenvalue weighted by molar-refractivity contribution is -0.183. The number of benzene rings is 2. The van der Waals surface area contributed by atoms with E-state index in [0.717, 1.165) is 4.90 Å². The molecule has 2 saturated heterocycles. The third-order valence-electron chi connectivity index (χ3n) is 6.61. The Bertz CT molecular complexity index is 1170. The minimum Gasteiger partial charge on any atom is -0.365 e. The smallest absolute Gasteiger partial charge is 0.283 e. The summed E-state index contributed by atoms with van der Waals surface area (Å²) >= 11 is 0. The molecular weight excluding hydrogens is 469 g/mol. The number of carbonyl (C=O) groups excluding carboxylic acids is 1. The maximum atomic E-state index is 15.5. The van der Waals surface area contributed by atoms with E-state index in [4.69, 9.17) is 4.74 Å². The molecule has 0 saturated carbocycles. The SMILES string of the molecule is CCS(=O)(=O)N[C@@H]1[C@H](Cc2cccc(-c3ccccc3)c2F)N(C(=O)C2(C)CCO2)CC1(F)F. The molecule has 1 unspecified atom stereocenters. The first kappa shape index (κ1) is 24.7. The van der Waals surface area contributed by atoms with E-state index in [1.54, 1.807) is 42.5 Å². The zero-order valence-electron chi connectivity index (χ0n) is 18.9. The predicted molar refractivity (Wildman–Crippen MR) is 121 cm³/mol. The average molecular weight is 497 g/mol. The van der Waals surface area contributed by atoms with Gasteiger partial charge < -0.3 is 9.64 Å². The topological polar surface area (TPSA) is 75.7 Å². The second-order valence-corrected chi connectivity index (χ2v) is 11.0. The van der Waals surface area contributed by atoms with Crippen LogP contribution in [0.15, 0.2) is 48.5 Å². The predicted octanol–water partition coefficient (Wildman–Crippen LogP) is 3.37. The van der Waals surface area contributed by atoms with Crippen LogP contribution in [-0.2, 0) is 26.0 Å². The van der Waals surface area contributed by atoms with Crippen molar-refractivity contribution in [1.82, 2.24) is 9.62 Å². The Morgan fingerprint density at radius 1 is 1.18 bits per heavy atom. The van der Waals surface area contributed by atoms with Crippen molar-refractivity contribution < 1.29 is 31.1 Å². The first-order valence-electron chi connectivity index (χ1n) is 11.1. The minimum atomic E-state index is -4.03. The Morgan fingerprint density at radius 3 is 2.44 bits per heavy atom. The molecule has 0 aromatic heterocycles. The highest BCUT2D eigenvalue weighted by Crippen LogP contribution is 2.39. The largest absolute Gasteiger partial charge is 0.365 e. The molecule has 1 N–H and O–H groups in total. The van der Waals surface area contributed by atoms with Crippen LogP contribution in [0.1, 0.15) is 25.8 Å². The number of sulfonamides is 1.